The first-order chi connectivity index (χ1) is 8.18. The van der Waals surface area contributed by atoms with E-state index in [0.717, 1.165) is 11.5 Å². The molecule has 0 radical (unpaired) electrons. The van der Waals surface area contributed by atoms with Crippen molar-refractivity contribution in [2.24, 2.45) is 5.73 Å². The van der Waals surface area contributed by atoms with E-state index >= 15 is 0 Å². The summed E-state index contributed by atoms with van der Waals surface area (Å²) in [5, 5.41) is 0. The lowest BCUT2D eigenvalue weighted by Gasteiger charge is -2.27. The van der Waals surface area contributed by atoms with Crippen LogP contribution in [0.3, 0.4) is 0 Å². The van der Waals surface area contributed by atoms with Crippen molar-refractivity contribution in [1.82, 2.24) is 0 Å². The van der Waals surface area contributed by atoms with Gasteiger partial charge >= 0.3 is 0 Å². The van der Waals surface area contributed by atoms with Crippen molar-refractivity contribution < 1.29 is 9.47 Å². The minimum Gasteiger partial charge on any atom is -0.486 e. The lowest BCUT2D eigenvalue weighted by molar-refractivity contribution is 0.168. The van der Waals surface area contributed by atoms with E-state index in [9.17, 15) is 0 Å². The van der Waals surface area contributed by atoms with Gasteiger partial charge in [-0.15, -0.1) is 0 Å². The molecule has 0 unspecified atom stereocenters. The Balaban J connectivity index is 2.21. The number of ether oxygens (including phenoxy) is 2. The molecule has 92 valence electrons. The molecule has 1 aromatic rings. The van der Waals surface area contributed by atoms with Gasteiger partial charge in [0.2, 0.25) is 0 Å². The Labute approximate surface area is 102 Å². The number of aryl methyl sites for hydroxylation is 1. The van der Waals surface area contributed by atoms with E-state index in [4.69, 9.17) is 15.2 Å². The van der Waals surface area contributed by atoms with Crippen molar-refractivity contribution in [3.8, 4) is 11.5 Å². The van der Waals surface area contributed by atoms with Gasteiger partial charge in [0.05, 0.1) is 0 Å². The van der Waals surface area contributed by atoms with Gasteiger partial charge in [-0.25, -0.2) is 0 Å². The van der Waals surface area contributed by atoms with Crippen LogP contribution in [-0.2, 0) is 5.41 Å². The molecule has 1 saturated carbocycles. The average Bonchev–Trinajstić information content (AvgIpc) is 3.11. The fourth-order valence-corrected chi connectivity index (χ4v) is 2.75. The monoisotopic (exact) mass is 233 g/mol. The summed E-state index contributed by atoms with van der Waals surface area (Å²) in [6.07, 6.45) is 2.34. The van der Waals surface area contributed by atoms with Crippen molar-refractivity contribution in [2.75, 3.05) is 19.8 Å². The maximum atomic E-state index is 5.96. The molecule has 0 saturated heterocycles. The predicted molar refractivity (Wildman–Crippen MR) is 66.9 cm³/mol. The molecular formula is C14H19NO2. The molecule has 3 heteroatoms. The quantitative estimate of drug-likeness (QED) is 0.850. The van der Waals surface area contributed by atoms with Gasteiger partial charge < -0.3 is 15.2 Å². The number of hydrogen-bond donors (Lipinski definition) is 1. The average molecular weight is 233 g/mol. The van der Waals surface area contributed by atoms with Crippen molar-refractivity contribution in [2.45, 2.75) is 32.1 Å². The second-order valence-corrected chi connectivity index (χ2v) is 5.20. The van der Waals surface area contributed by atoms with Crippen LogP contribution in [0, 0.1) is 13.8 Å². The second-order valence-electron chi connectivity index (χ2n) is 5.20. The topological polar surface area (TPSA) is 44.5 Å². The Hall–Kier alpha value is -1.22. The zero-order chi connectivity index (χ0) is 12.0. The second kappa shape index (κ2) is 3.64. The van der Waals surface area contributed by atoms with E-state index < -0.39 is 0 Å². The van der Waals surface area contributed by atoms with Crippen LogP contribution < -0.4 is 15.2 Å². The molecule has 0 atom stereocenters. The molecule has 17 heavy (non-hydrogen) atoms. The molecular weight excluding hydrogens is 214 g/mol. The van der Waals surface area contributed by atoms with E-state index in [2.05, 4.69) is 19.9 Å². The van der Waals surface area contributed by atoms with Gasteiger partial charge in [0.25, 0.3) is 0 Å². The maximum Gasteiger partial charge on any atom is 0.165 e. The van der Waals surface area contributed by atoms with Crippen LogP contribution in [0.15, 0.2) is 6.07 Å². The first-order valence-electron chi connectivity index (χ1n) is 6.28. The molecule has 1 fully saturated rings. The Morgan fingerprint density at radius 2 is 1.94 bits per heavy atom. The van der Waals surface area contributed by atoms with E-state index in [0.29, 0.717) is 19.8 Å². The lowest BCUT2D eigenvalue weighted by Crippen LogP contribution is -2.25. The maximum absolute atomic E-state index is 5.96. The molecule has 1 aliphatic heterocycles. The van der Waals surface area contributed by atoms with Crippen LogP contribution in [0.1, 0.15) is 29.5 Å². The Bertz CT molecular complexity index is 464. The summed E-state index contributed by atoms with van der Waals surface area (Å²) in [4.78, 5) is 0. The number of fused-ring (bicyclic) bond motifs is 1. The van der Waals surface area contributed by atoms with Gasteiger partial charge in [-0.05, 0) is 43.9 Å². The first-order valence-corrected chi connectivity index (χ1v) is 6.28. The van der Waals surface area contributed by atoms with Crippen LogP contribution in [0.25, 0.3) is 0 Å². The standard InChI is InChI=1S/C14H19NO2/c1-9-7-11-13(17-6-5-16-11)12(10(9)2)14(8-15)3-4-14/h7H,3-6,8,15H2,1-2H3. The Morgan fingerprint density at radius 1 is 1.24 bits per heavy atom. The number of benzene rings is 1. The van der Waals surface area contributed by atoms with Gasteiger partial charge in [0.1, 0.15) is 13.2 Å². The molecule has 0 aromatic heterocycles. The van der Waals surface area contributed by atoms with Gasteiger partial charge in [0.15, 0.2) is 11.5 Å². The third-order valence-corrected chi connectivity index (χ3v) is 4.13. The summed E-state index contributed by atoms with van der Waals surface area (Å²) in [6.45, 7) is 6.28. The molecule has 1 aromatic carbocycles. The van der Waals surface area contributed by atoms with E-state index in [-0.39, 0.29) is 5.41 Å². The molecule has 2 N–H and O–H groups in total. The first kappa shape index (κ1) is 10.9. The summed E-state index contributed by atoms with van der Waals surface area (Å²) in [6, 6.07) is 2.08. The molecule has 0 amide bonds. The van der Waals surface area contributed by atoms with E-state index in [1.165, 1.54) is 29.5 Å². The third kappa shape index (κ3) is 1.53. The molecule has 1 heterocycles. The van der Waals surface area contributed by atoms with Crippen LogP contribution in [-0.4, -0.2) is 19.8 Å². The predicted octanol–water partition coefficient (Wildman–Crippen LogP) is 2.06. The van der Waals surface area contributed by atoms with E-state index in [1.54, 1.807) is 0 Å². The van der Waals surface area contributed by atoms with Crippen molar-refractivity contribution in [3.05, 3.63) is 22.8 Å². The zero-order valence-electron chi connectivity index (χ0n) is 10.5. The Kier molecular flexibility index (Phi) is 2.33. The highest BCUT2D eigenvalue weighted by atomic mass is 16.6. The number of rotatable bonds is 2. The minimum absolute atomic E-state index is 0.154. The largest absolute Gasteiger partial charge is 0.486 e. The summed E-state index contributed by atoms with van der Waals surface area (Å²) in [7, 11) is 0. The fourth-order valence-electron chi connectivity index (χ4n) is 2.75. The van der Waals surface area contributed by atoms with Crippen LogP contribution >= 0.6 is 0 Å². The SMILES string of the molecule is Cc1cc2c(c(C3(CN)CC3)c1C)OCCO2. The summed E-state index contributed by atoms with van der Waals surface area (Å²) < 4.78 is 11.5. The molecule has 0 bridgehead atoms. The molecule has 2 aliphatic rings. The molecule has 1 aliphatic carbocycles. The van der Waals surface area contributed by atoms with Crippen molar-refractivity contribution in [3.63, 3.8) is 0 Å². The van der Waals surface area contributed by atoms with Gasteiger partial charge in [-0.3, -0.25) is 0 Å². The minimum atomic E-state index is 0.154. The van der Waals surface area contributed by atoms with Crippen LogP contribution in [0.5, 0.6) is 11.5 Å². The normalized spacial score (nSPS) is 20.2. The highest BCUT2D eigenvalue weighted by Gasteiger charge is 2.47. The number of hydrogen-bond acceptors (Lipinski definition) is 3. The smallest absolute Gasteiger partial charge is 0.165 e. The van der Waals surface area contributed by atoms with Gasteiger partial charge in [0, 0.05) is 17.5 Å². The van der Waals surface area contributed by atoms with Gasteiger partial charge in [-0.1, -0.05) is 0 Å². The van der Waals surface area contributed by atoms with Crippen molar-refractivity contribution in [1.29, 1.82) is 0 Å². The van der Waals surface area contributed by atoms with Crippen LogP contribution in [0.4, 0.5) is 0 Å². The highest BCUT2D eigenvalue weighted by molar-refractivity contribution is 5.59. The molecule has 3 rings (SSSR count). The fraction of sp³-hybridized carbons (Fsp3) is 0.571. The van der Waals surface area contributed by atoms with Crippen LogP contribution in [0.2, 0.25) is 0 Å². The summed E-state index contributed by atoms with van der Waals surface area (Å²) in [5.74, 6) is 1.84. The molecule has 3 nitrogen and oxygen atoms in total. The summed E-state index contributed by atoms with van der Waals surface area (Å²) in [5.41, 5.74) is 10.00. The lowest BCUT2D eigenvalue weighted by atomic mass is 9.88. The summed E-state index contributed by atoms with van der Waals surface area (Å²) >= 11 is 0. The zero-order valence-corrected chi connectivity index (χ0v) is 10.5. The Morgan fingerprint density at radius 3 is 2.59 bits per heavy atom. The van der Waals surface area contributed by atoms with E-state index in [1.807, 2.05) is 0 Å². The highest BCUT2D eigenvalue weighted by Crippen LogP contribution is 2.55. The third-order valence-electron chi connectivity index (χ3n) is 4.13. The van der Waals surface area contributed by atoms with Gasteiger partial charge in [-0.2, -0.15) is 0 Å². The number of nitrogens with two attached hydrogens (primary N) is 1. The van der Waals surface area contributed by atoms with Crippen molar-refractivity contribution >= 4 is 0 Å². The molecule has 0 spiro atoms.